The highest BCUT2D eigenvalue weighted by molar-refractivity contribution is 9.10. The minimum absolute atomic E-state index is 0.0664. The van der Waals surface area contributed by atoms with Crippen molar-refractivity contribution < 1.29 is 18.0 Å². The van der Waals surface area contributed by atoms with Crippen molar-refractivity contribution >= 4 is 43.5 Å². The molecule has 2 amide bonds. The van der Waals surface area contributed by atoms with Gasteiger partial charge in [0.05, 0.1) is 10.6 Å². The SMILES string of the molecule is Cc1ccccc1CN(C(=O)CN(c1ccc(Br)cc1)S(=O)(=O)c1ccccc1)[C@H](Cc1ccccc1)C(=O)NCC(C)C. The highest BCUT2D eigenvalue weighted by atomic mass is 79.9. The summed E-state index contributed by atoms with van der Waals surface area (Å²) >= 11 is 3.41. The van der Waals surface area contributed by atoms with Gasteiger partial charge in [-0.25, -0.2) is 8.42 Å². The maximum Gasteiger partial charge on any atom is 0.264 e. The molecule has 7 nitrogen and oxygen atoms in total. The predicted octanol–water partition coefficient (Wildman–Crippen LogP) is 6.37. The molecule has 0 unspecified atom stereocenters. The number of benzene rings is 4. The molecule has 1 N–H and O–H groups in total. The van der Waals surface area contributed by atoms with Gasteiger partial charge < -0.3 is 10.2 Å². The summed E-state index contributed by atoms with van der Waals surface area (Å²) in [6, 6.07) is 31.2. The summed E-state index contributed by atoms with van der Waals surface area (Å²) in [5.41, 5.74) is 3.07. The van der Waals surface area contributed by atoms with Gasteiger partial charge in [0.15, 0.2) is 0 Å². The number of hydrogen-bond acceptors (Lipinski definition) is 4. The van der Waals surface area contributed by atoms with Crippen LogP contribution in [0.4, 0.5) is 5.69 Å². The summed E-state index contributed by atoms with van der Waals surface area (Å²) in [5.74, 6) is -0.567. The third-order valence-corrected chi connectivity index (χ3v) is 9.60. The molecule has 0 saturated carbocycles. The van der Waals surface area contributed by atoms with E-state index in [9.17, 15) is 18.0 Å². The Morgan fingerprint density at radius 3 is 2.02 bits per heavy atom. The zero-order valence-electron chi connectivity index (χ0n) is 25.2. The number of rotatable bonds is 13. The number of anilines is 1. The van der Waals surface area contributed by atoms with Crippen molar-refractivity contribution in [3.8, 4) is 0 Å². The zero-order chi connectivity index (χ0) is 31.7. The smallest absolute Gasteiger partial charge is 0.264 e. The van der Waals surface area contributed by atoms with E-state index in [2.05, 4.69) is 21.2 Å². The lowest BCUT2D eigenvalue weighted by molar-refractivity contribution is -0.140. The Morgan fingerprint density at radius 1 is 0.818 bits per heavy atom. The van der Waals surface area contributed by atoms with Crippen LogP contribution >= 0.6 is 15.9 Å². The Bertz CT molecular complexity index is 1650. The van der Waals surface area contributed by atoms with Crippen LogP contribution in [-0.2, 0) is 32.6 Å². The van der Waals surface area contributed by atoms with E-state index in [0.29, 0.717) is 12.2 Å². The second-order valence-corrected chi connectivity index (χ2v) is 13.9. The molecule has 44 heavy (non-hydrogen) atoms. The molecule has 0 aliphatic carbocycles. The standard InChI is InChI=1S/C35H38BrN3O4S/c1-26(2)23-37-35(41)33(22-28-13-6-4-7-14-28)38(24-29-15-11-10-12-27(29)3)34(40)25-39(31-20-18-30(36)19-21-31)44(42,43)32-16-8-5-9-17-32/h4-21,26,33H,22-25H2,1-3H3,(H,37,41)/t33-/m1/s1. The molecular formula is C35H38BrN3O4S. The number of aryl methyl sites for hydroxylation is 1. The zero-order valence-corrected chi connectivity index (χ0v) is 27.6. The first-order chi connectivity index (χ1) is 21.1. The molecule has 0 fully saturated rings. The summed E-state index contributed by atoms with van der Waals surface area (Å²) in [5, 5.41) is 3.02. The lowest BCUT2D eigenvalue weighted by atomic mass is 10.0. The normalized spacial score (nSPS) is 12.0. The van der Waals surface area contributed by atoms with Crippen molar-refractivity contribution in [3.63, 3.8) is 0 Å². The Hall–Kier alpha value is -3.95. The van der Waals surface area contributed by atoms with Gasteiger partial charge in [-0.3, -0.25) is 13.9 Å². The van der Waals surface area contributed by atoms with Crippen molar-refractivity contribution in [3.05, 3.63) is 130 Å². The summed E-state index contributed by atoms with van der Waals surface area (Å²) in [6.07, 6.45) is 0.270. The van der Waals surface area contributed by atoms with Gasteiger partial charge in [0.2, 0.25) is 11.8 Å². The molecule has 0 heterocycles. The van der Waals surface area contributed by atoms with Crippen molar-refractivity contribution in [1.29, 1.82) is 0 Å². The number of nitrogens with one attached hydrogen (secondary N) is 1. The van der Waals surface area contributed by atoms with Crippen LogP contribution in [0.1, 0.15) is 30.5 Å². The number of halogens is 1. The van der Waals surface area contributed by atoms with Crippen LogP contribution in [-0.4, -0.2) is 44.3 Å². The largest absolute Gasteiger partial charge is 0.354 e. The topological polar surface area (TPSA) is 86.8 Å². The first kappa shape index (κ1) is 33.0. The van der Waals surface area contributed by atoms with Crippen LogP contribution in [0.3, 0.4) is 0 Å². The fraction of sp³-hybridized carbons (Fsp3) is 0.257. The fourth-order valence-corrected chi connectivity index (χ4v) is 6.50. The van der Waals surface area contributed by atoms with Crippen molar-refractivity contribution in [2.75, 3.05) is 17.4 Å². The molecule has 0 aliphatic heterocycles. The van der Waals surface area contributed by atoms with Crippen LogP contribution in [0, 0.1) is 12.8 Å². The highest BCUT2D eigenvalue weighted by Gasteiger charge is 2.34. The molecule has 0 saturated heterocycles. The summed E-state index contributed by atoms with van der Waals surface area (Å²) in [4.78, 5) is 29.9. The minimum atomic E-state index is -4.13. The molecule has 9 heteroatoms. The average Bonchev–Trinajstić information content (AvgIpc) is 3.02. The van der Waals surface area contributed by atoms with Crippen LogP contribution in [0.25, 0.3) is 0 Å². The molecule has 0 radical (unpaired) electrons. The maximum atomic E-state index is 14.5. The molecular weight excluding hydrogens is 638 g/mol. The monoisotopic (exact) mass is 675 g/mol. The lowest BCUT2D eigenvalue weighted by Gasteiger charge is -2.34. The van der Waals surface area contributed by atoms with Crippen molar-refractivity contribution in [1.82, 2.24) is 10.2 Å². The van der Waals surface area contributed by atoms with Gasteiger partial charge in [-0.1, -0.05) is 103 Å². The quantitative estimate of drug-likeness (QED) is 0.179. The Morgan fingerprint density at radius 2 is 1.41 bits per heavy atom. The molecule has 0 aliphatic rings. The number of hydrogen-bond donors (Lipinski definition) is 1. The van der Waals surface area contributed by atoms with Gasteiger partial charge in [-0.15, -0.1) is 0 Å². The predicted molar refractivity (Wildman–Crippen MR) is 179 cm³/mol. The Kier molecular flexibility index (Phi) is 11.4. The van der Waals surface area contributed by atoms with E-state index in [4.69, 9.17) is 0 Å². The molecule has 4 aromatic rings. The van der Waals surface area contributed by atoms with Crippen LogP contribution < -0.4 is 9.62 Å². The molecule has 1 atom stereocenters. The second-order valence-electron chi connectivity index (χ2n) is 11.1. The number of carbonyl (C=O) groups excluding carboxylic acids is 2. The molecule has 0 bridgehead atoms. The Balaban J connectivity index is 1.79. The van der Waals surface area contributed by atoms with Gasteiger partial charge in [0.1, 0.15) is 12.6 Å². The lowest BCUT2D eigenvalue weighted by Crippen LogP contribution is -2.53. The third-order valence-electron chi connectivity index (χ3n) is 7.28. The number of nitrogens with zero attached hydrogens (tertiary/aromatic N) is 2. The molecule has 4 rings (SSSR count). The summed E-state index contributed by atoms with van der Waals surface area (Å²) in [6.45, 7) is 6.06. The highest BCUT2D eigenvalue weighted by Crippen LogP contribution is 2.26. The van der Waals surface area contributed by atoms with Gasteiger partial charge in [-0.05, 0) is 65.9 Å². The Labute approximate surface area is 269 Å². The van der Waals surface area contributed by atoms with Gasteiger partial charge in [0, 0.05) is 24.0 Å². The number of carbonyl (C=O) groups is 2. The van der Waals surface area contributed by atoms with E-state index in [1.807, 2.05) is 75.4 Å². The second kappa shape index (κ2) is 15.2. The minimum Gasteiger partial charge on any atom is -0.354 e. The molecule has 230 valence electrons. The fourth-order valence-electron chi connectivity index (χ4n) is 4.80. The van der Waals surface area contributed by atoms with Crippen molar-refractivity contribution in [2.24, 2.45) is 5.92 Å². The van der Waals surface area contributed by atoms with Gasteiger partial charge in [-0.2, -0.15) is 0 Å². The third kappa shape index (κ3) is 8.57. The van der Waals surface area contributed by atoms with Gasteiger partial charge in [0.25, 0.3) is 10.0 Å². The summed E-state index contributed by atoms with van der Waals surface area (Å²) < 4.78 is 29.9. The van der Waals surface area contributed by atoms with Crippen LogP contribution in [0.2, 0.25) is 0 Å². The number of amides is 2. The van der Waals surface area contributed by atoms with E-state index >= 15 is 0 Å². The van der Waals surface area contributed by atoms with Crippen LogP contribution in [0.15, 0.2) is 119 Å². The molecule has 0 spiro atoms. The van der Waals surface area contributed by atoms with E-state index in [0.717, 1.165) is 25.5 Å². The molecule has 0 aromatic heterocycles. The van der Waals surface area contributed by atoms with E-state index in [1.165, 1.54) is 17.0 Å². The average molecular weight is 677 g/mol. The van der Waals surface area contributed by atoms with Crippen molar-refractivity contribution in [2.45, 2.75) is 44.7 Å². The summed E-state index contributed by atoms with van der Waals surface area (Å²) in [7, 11) is -4.13. The molecule has 4 aromatic carbocycles. The van der Waals surface area contributed by atoms with Gasteiger partial charge >= 0.3 is 0 Å². The van der Waals surface area contributed by atoms with E-state index in [-0.39, 0.29) is 29.7 Å². The maximum absolute atomic E-state index is 14.5. The first-order valence-electron chi connectivity index (χ1n) is 14.5. The van der Waals surface area contributed by atoms with E-state index in [1.54, 1.807) is 42.5 Å². The number of sulfonamides is 1. The first-order valence-corrected chi connectivity index (χ1v) is 16.8. The van der Waals surface area contributed by atoms with E-state index < -0.39 is 28.5 Å². The van der Waals surface area contributed by atoms with Crippen LogP contribution in [0.5, 0.6) is 0 Å².